The van der Waals surface area contributed by atoms with Gasteiger partial charge in [-0.15, -0.1) is 0 Å². The minimum atomic E-state index is -0.0145. The van der Waals surface area contributed by atoms with Crippen LogP contribution in [0, 0.1) is 6.92 Å². The molecular formula is C11H23N3O. The Bertz CT molecular complexity index is 328. The SMILES string of the molecule is CCCCC(=O)NC(C)c1cc(C)[nH]n1.[HH].[HH]. The van der Waals surface area contributed by atoms with Gasteiger partial charge < -0.3 is 5.32 Å². The van der Waals surface area contributed by atoms with Crippen molar-refractivity contribution in [2.75, 3.05) is 0 Å². The second kappa shape index (κ2) is 5.53. The zero-order chi connectivity index (χ0) is 11.3. The predicted molar refractivity (Wildman–Crippen MR) is 63.6 cm³/mol. The second-order valence-corrected chi connectivity index (χ2v) is 3.87. The lowest BCUT2D eigenvalue weighted by Gasteiger charge is -2.10. The summed E-state index contributed by atoms with van der Waals surface area (Å²) in [5, 5.41) is 9.90. The molecular weight excluding hydrogens is 190 g/mol. The van der Waals surface area contributed by atoms with Gasteiger partial charge in [-0.1, -0.05) is 13.3 Å². The summed E-state index contributed by atoms with van der Waals surface area (Å²) >= 11 is 0. The van der Waals surface area contributed by atoms with E-state index in [-0.39, 0.29) is 14.8 Å². The molecule has 1 aromatic heterocycles. The Kier molecular flexibility index (Phi) is 4.34. The number of rotatable bonds is 5. The Balaban J connectivity index is 0. The number of aromatic amines is 1. The van der Waals surface area contributed by atoms with Crippen molar-refractivity contribution in [1.82, 2.24) is 15.5 Å². The van der Waals surface area contributed by atoms with Gasteiger partial charge in [0, 0.05) is 15.0 Å². The van der Waals surface area contributed by atoms with Crippen molar-refractivity contribution in [1.29, 1.82) is 0 Å². The van der Waals surface area contributed by atoms with Gasteiger partial charge in [0.25, 0.3) is 0 Å². The molecule has 1 heterocycles. The summed E-state index contributed by atoms with van der Waals surface area (Å²) in [5.41, 5.74) is 1.90. The number of nitrogens with one attached hydrogen (secondary N) is 2. The van der Waals surface area contributed by atoms with E-state index in [1.165, 1.54) is 0 Å². The normalized spacial score (nSPS) is 12.5. The number of aromatic nitrogens is 2. The first-order valence-electron chi connectivity index (χ1n) is 5.44. The zero-order valence-electron chi connectivity index (χ0n) is 9.63. The number of carbonyl (C=O) groups excluding carboxylic acids is 1. The molecule has 0 fully saturated rings. The van der Waals surface area contributed by atoms with Crippen LogP contribution in [0.5, 0.6) is 0 Å². The number of hydrogen-bond donors (Lipinski definition) is 2. The lowest BCUT2D eigenvalue weighted by molar-refractivity contribution is -0.121. The molecule has 0 spiro atoms. The van der Waals surface area contributed by atoms with Crippen molar-refractivity contribution in [3.63, 3.8) is 0 Å². The van der Waals surface area contributed by atoms with Crippen LogP contribution in [0.25, 0.3) is 0 Å². The van der Waals surface area contributed by atoms with Crippen molar-refractivity contribution in [2.24, 2.45) is 0 Å². The number of amides is 1. The van der Waals surface area contributed by atoms with E-state index in [4.69, 9.17) is 0 Å². The number of hydrogen-bond acceptors (Lipinski definition) is 2. The molecule has 15 heavy (non-hydrogen) atoms. The van der Waals surface area contributed by atoms with E-state index in [9.17, 15) is 4.79 Å². The summed E-state index contributed by atoms with van der Waals surface area (Å²) in [6, 6.07) is 1.93. The Morgan fingerprint density at radius 3 is 3.00 bits per heavy atom. The number of H-pyrrole nitrogens is 1. The largest absolute Gasteiger partial charge is 0.348 e. The van der Waals surface area contributed by atoms with Crippen LogP contribution >= 0.6 is 0 Å². The molecule has 1 aromatic rings. The Morgan fingerprint density at radius 2 is 2.47 bits per heavy atom. The molecule has 1 unspecified atom stereocenters. The monoisotopic (exact) mass is 213 g/mol. The molecule has 4 heteroatoms. The van der Waals surface area contributed by atoms with Crippen LogP contribution in [0.15, 0.2) is 6.07 Å². The maximum atomic E-state index is 11.4. The van der Waals surface area contributed by atoms with Gasteiger partial charge in [-0.25, -0.2) is 0 Å². The summed E-state index contributed by atoms with van der Waals surface area (Å²) in [7, 11) is 0. The molecule has 0 bridgehead atoms. The van der Waals surface area contributed by atoms with Gasteiger partial charge in [0.15, 0.2) is 0 Å². The first-order chi connectivity index (χ1) is 7.13. The van der Waals surface area contributed by atoms with Crippen LogP contribution in [-0.4, -0.2) is 16.1 Å². The standard InChI is InChI=1S/C11H19N3O.2H2/c1-4-5-6-11(15)12-9(3)10-7-8(2)13-14-10;;/h7,9H,4-6H2,1-3H3,(H,12,15)(H,13,14);2*1H. The third-order valence-electron chi connectivity index (χ3n) is 2.30. The van der Waals surface area contributed by atoms with Crippen LogP contribution in [0.1, 0.15) is 53.4 Å². The lowest BCUT2D eigenvalue weighted by atomic mass is 10.2. The van der Waals surface area contributed by atoms with E-state index in [0.717, 1.165) is 24.2 Å². The smallest absolute Gasteiger partial charge is 0.220 e. The van der Waals surface area contributed by atoms with Crippen LogP contribution in [0.4, 0.5) is 0 Å². The molecule has 4 nitrogen and oxygen atoms in total. The Hall–Kier alpha value is -1.32. The van der Waals surface area contributed by atoms with E-state index in [1.54, 1.807) is 0 Å². The Labute approximate surface area is 93.4 Å². The zero-order valence-corrected chi connectivity index (χ0v) is 9.63. The van der Waals surface area contributed by atoms with E-state index >= 15 is 0 Å². The summed E-state index contributed by atoms with van der Waals surface area (Å²) < 4.78 is 0. The van der Waals surface area contributed by atoms with Gasteiger partial charge in [0.2, 0.25) is 5.91 Å². The minimum absolute atomic E-state index is 0. The summed E-state index contributed by atoms with van der Waals surface area (Å²) in [5.74, 6) is 0.102. The van der Waals surface area contributed by atoms with Gasteiger partial charge in [-0.2, -0.15) is 5.10 Å². The molecule has 88 valence electrons. The maximum absolute atomic E-state index is 11.4. The van der Waals surface area contributed by atoms with Crippen molar-refractivity contribution < 1.29 is 7.65 Å². The first-order valence-corrected chi connectivity index (χ1v) is 5.44. The topological polar surface area (TPSA) is 57.8 Å². The highest BCUT2D eigenvalue weighted by molar-refractivity contribution is 5.76. The summed E-state index contributed by atoms with van der Waals surface area (Å²) in [6.07, 6.45) is 2.59. The first kappa shape index (κ1) is 11.8. The van der Waals surface area contributed by atoms with Crippen molar-refractivity contribution in [3.8, 4) is 0 Å². The van der Waals surface area contributed by atoms with Crippen LogP contribution < -0.4 is 5.32 Å². The predicted octanol–water partition coefficient (Wildman–Crippen LogP) is 2.58. The highest BCUT2D eigenvalue weighted by Gasteiger charge is 2.11. The molecule has 0 saturated carbocycles. The molecule has 1 rings (SSSR count). The highest BCUT2D eigenvalue weighted by atomic mass is 16.1. The third-order valence-corrected chi connectivity index (χ3v) is 2.30. The van der Waals surface area contributed by atoms with E-state index in [2.05, 4.69) is 22.4 Å². The molecule has 0 aliphatic carbocycles. The highest BCUT2D eigenvalue weighted by Crippen LogP contribution is 2.10. The van der Waals surface area contributed by atoms with Gasteiger partial charge in [0.05, 0.1) is 11.7 Å². The van der Waals surface area contributed by atoms with E-state index in [0.29, 0.717) is 6.42 Å². The molecule has 1 amide bonds. The maximum Gasteiger partial charge on any atom is 0.220 e. The number of aryl methyl sites for hydroxylation is 1. The fourth-order valence-electron chi connectivity index (χ4n) is 1.39. The molecule has 0 saturated heterocycles. The molecule has 0 aliphatic heterocycles. The lowest BCUT2D eigenvalue weighted by Crippen LogP contribution is -2.26. The van der Waals surface area contributed by atoms with Gasteiger partial charge in [-0.3, -0.25) is 9.89 Å². The van der Waals surface area contributed by atoms with Gasteiger partial charge in [0.1, 0.15) is 0 Å². The molecule has 0 aromatic carbocycles. The molecule has 2 N–H and O–H groups in total. The summed E-state index contributed by atoms with van der Waals surface area (Å²) in [4.78, 5) is 11.4. The van der Waals surface area contributed by atoms with Crippen molar-refractivity contribution >= 4 is 5.91 Å². The van der Waals surface area contributed by atoms with Crippen LogP contribution in [-0.2, 0) is 4.79 Å². The summed E-state index contributed by atoms with van der Waals surface area (Å²) in [6.45, 7) is 5.97. The van der Waals surface area contributed by atoms with Crippen LogP contribution in [0.2, 0.25) is 0 Å². The Morgan fingerprint density at radius 1 is 1.73 bits per heavy atom. The number of carbonyl (C=O) groups is 1. The fourth-order valence-corrected chi connectivity index (χ4v) is 1.39. The minimum Gasteiger partial charge on any atom is -0.348 e. The van der Waals surface area contributed by atoms with Crippen molar-refractivity contribution in [2.45, 2.75) is 46.1 Å². The quantitative estimate of drug-likeness (QED) is 0.789. The van der Waals surface area contributed by atoms with Gasteiger partial charge in [-0.05, 0) is 26.3 Å². The average Bonchev–Trinajstić information content (AvgIpc) is 2.61. The molecule has 1 atom stereocenters. The molecule has 0 aliphatic rings. The van der Waals surface area contributed by atoms with Gasteiger partial charge >= 0.3 is 0 Å². The molecule has 0 radical (unpaired) electrons. The number of unbranched alkanes of at least 4 members (excludes halogenated alkanes) is 1. The average molecular weight is 213 g/mol. The van der Waals surface area contributed by atoms with Crippen molar-refractivity contribution in [3.05, 3.63) is 17.5 Å². The van der Waals surface area contributed by atoms with E-state index in [1.807, 2.05) is 19.9 Å². The van der Waals surface area contributed by atoms with Crippen LogP contribution in [0.3, 0.4) is 0 Å². The van der Waals surface area contributed by atoms with E-state index < -0.39 is 0 Å². The second-order valence-electron chi connectivity index (χ2n) is 3.87. The number of nitrogens with zero attached hydrogens (tertiary/aromatic N) is 1. The fraction of sp³-hybridized carbons (Fsp3) is 0.636. The third kappa shape index (κ3) is 3.73.